The molecule has 0 unspecified atom stereocenters. The number of hydrogen-bond donors (Lipinski definition) is 0. The molecule has 0 radical (unpaired) electrons. The van der Waals surface area contributed by atoms with Gasteiger partial charge in [0.2, 0.25) is 10.0 Å². The zero-order valence-electron chi connectivity index (χ0n) is 16.4. The van der Waals surface area contributed by atoms with E-state index in [9.17, 15) is 13.2 Å². The normalized spacial score (nSPS) is 26.4. The van der Waals surface area contributed by atoms with Crippen molar-refractivity contribution in [3.8, 4) is 0 Å². The molecule has 4 rings (SSSR count). The van der Waals surface area contributed by atoms with Crippen LogP contribution >= 0.6 is 11.3 Å². The van der Waals surface area contributed by atoms with Crippen molar-refractivity contribution in [2.24, 2.45) is 16.7 Å². The van der Waals surface area contributed by atoms with Crippen molar-refractivity contribution in [3.05, 3.63) is 46.5 Å². The summed E-state index contributed by atoms with van der Waals surface area (Å²) in [5.41, 5.74) is -0.172. The highest BCUT2D eigenvalue weighted by molar-refractivity contribution is 7.89. The molecule has 0 spiro atoms. The Labute approximate surface area is 170 Å². The summed E-state index contributed by atoms with van der Waals surface area (Å²) < 4.78 is 33.7. The Kier molecular flexibility index (Phi) is 5.04. The van der Waals surface area contributed by atoms with Crippen LogP contribution in [0.5, 0.6) is 0 Å². The van der Waals surface area contributed by atoms with E-state index in [0.717, 1.165) is 16.9 Å². The third-order valence-corrected chi connectivity index (χ3v) is 9.98. The van der Waals surface area contributed by atoms with Crippen LogP contribution in [0.2, 0.25) is 0 Å². The van der Waals surface area contributed by atoms with Crippen LogP contribution in [0.3, 0.4) is 0 Å². The largest absolute Gasteiger partial charge is 0.472 e. The summed E-state index contributed by atoms with van der Waals surface area (Å²) in [5, 5.41) is 2.00. The molecule has 28 heavy (non-hydrogen) atoms. The molecule has 5 nitrogen and oxygen atoms in total. The van der Waals surface area contributed by atoms with Crippen molar-refractivity contribution < 1.29 is 17.6 Å². The first-order valence-electron chi connectivity index (χ1n) is 9.79. The maximum atomic E-state index is 13.5. The van der Waals surface area contributed by atoms with E-state index in [1.807, 2.05) is 17.5 Å². The minimum Gasteiger partial charge on any atom is -0.472 e. The lowest BCUT2D eigenvalue weighted by atomic mass is 9.70. The molecule has 2 atom stereocenters. The van der Waals surface area contributed by atoms with Crippen molar-refractivity contribution in [3.63, 3.8) is 0 Å². The van der Waals surface area contributed by atoms with Gasteiger partial charge in [-0.15, -0.1) is 11.3 Å². The van der Waals surface area contributed by atoms with E-state index >= 15 is 0 Å². The van der Waals surface area contributed by atoms with Crippen LogP contribution in [0.1, 0.15) is 43.6 Å². The quantitative estimate of drug-likeness (QED) is 0.643. The van der Waals surface area contributed by atoms with Gasteiger partial charge < -0.3 is 4.42 Å². The number of sulfonamides is 1. The molecular weight excluding hydrogens is 394 g/mol. The average Bonchev–Trinajstić information content (AvgIpc) is 3.39. The standard InChI is InChI=1S/C21H27NO4S2/c1-20(2)17-5-8-21(20,19(23)12-17)15-28(24,25)22(13-16-7-10-26-14-16)9-6-18-4-3-11-27-18/h3-4,7,10-11,14,17H,5-6,8-9,12-13,15H2,1-2H3/t17-,21+/m0/s1. The maximum absolute atomic E-state index is 13.5. The molecule has 0 aromatic carbocycles. The highest BCUT2D eigenvalue weighted by Crippen LogP contribution is 2.64. The van der Waals surface area contributed by atoms with Crippen molar-refractivity contribution in [1.82, 2.24) is 4.31 Å². The summed E-state index contributed by atoms with van der Waals surface area (Å²) in [5.74, 6) is 0.368. The fourth-order valence-corrected chi connectivity index (χ4v) is 8.00. The van der Waals surface area contributed by atoms with E-state index in [0.29, 0.717) is 31.7 Å². The first-order valence-corrected chi connectivity index (χ1v) is 12.3. The fourth-order valence-electron chi connectivity index (χ4n) is 5.10. The summed E-state index contributed by atoms with van der Waals surface area (Å²) in [6.45, 7) is 4.84. The number of rotatable bonds is 8. The van der Waals surface area contributed by atoms with Crippen LogP contribution in [-0.2, 0) is 27.8 Å². The zero-order chi connectivity index (χ0) is 20.0. The molecule has 0 saturated heterocycles. The van der Waals surface area contributed by atoms with Gasteiger partial charge in [-0.05, 0) is 48.1 Å². The molecule has 2 aromatic heterocycles. The number of ketones is 1. The number of furan rings is 1. The van der Waals surface area contributed by atoms with Gasteiger partial charge in [-0.1, -0.05) is 19.9 Å². The van der Waals surface area contributed by atoms with Crippen molar-refractivity contribution in [1.29, 1.82) is 0 Å². The Balaban J connectivity index is 1.59. The topological polar surface area (TPSA) is 67.6 Å². The molecule has 2 bridgehead atoms. The van der Waals surface area contributed by atoms with E-state index in [1.165, 1.54) is 0 Å². The summed E-state index contributed by atoms with van der Waals surface area (Å²) in [6.07, 6.45) is 5.98. The summed E-state index contributed by atoms with van der Waals surface area (Å²) in [7, 11) is -3.61. The molecule has 0 amide bonds. The van der Waals surface area contributed by atoms with E-state index < -0.39 is 15.4 Å². The number of carbonyl (C=O) groups excluding carboxylic acids is 1. The van der Waals surface area contributed by atoms with Gasteiger partial charge >= 0.3 is 0 Å². The number of fused-ring (bicyclic) bond motifs is 2. The first kappa shape index (κ1) is 19.9. The summed E-state index contributed by atoms with van der Waals surface area (Å²) in [6, 6.07) is 5.80. The van der Waals surface area contributed by atoms with Gasteiger partial charge in [-0.2, -0.15) is 4.31 Å². The highest BCUT2D eigenvalue weighted by Gasteiger charge is 2.65. The lowest BCUT2D eigenvalue weighted by Gasteiger charge is -2.37. The Hall–Kier alpha value is -1.44. The SMILES string of the molecule is CC1(C)[C@H]2CC[C@@]1(CS(=O)(=O)N(CCc1cccs1)Cc1ccoc1)C(=O)C2. The number of carbonyl (C=O) groups is 1. The number of nitrogens with zero attached hydrogens (tertiary/aromatic N) is 1. The molecule has 2 aliphatic carbocycles. The van der Waals surface area contributed by atoms with Gasteiger partial charge in [0.05, 0.1) is 18.3 Å². The maximum Gasteiger partial charge on any atom is 0.215 e. The fraction of sp³-hybridized carbons (Fsp3) is 0.571. The monoisotopic (exact) mass is 421 g/mol. The van der Waals surface area contributed by atoms with Gasteiger partial charge in [0.1, 0.15) is 5.78 Å². The van der Waals surface area contributed by atoms with E-state index in [4.69, 9.17) is 4.42 Å². The minimum atomic E-state index is -3.61. The molecule has 0 N–H and O–H groups in total. The van der Waals surface area contributed by atoms with Gasteiger partial charge in [-0.25, -0.2) is 8.42 Å². The Morgan fingerprint density at radius 2 is 2.14 bits per heavy atom. The lowest BCUT2D eigenvalue weighted by molar-refractivity contribution is -0.128. The molecule has 2 heterocycles. The van der Waals surface area contributed by atoms with E-state index in [-0.39, 0.29) is 23.5 Å². The van der Waals surface area contributed by atoms with Crippen LogP contribution in [-0.4, -0.2) is 30.8 Å². The molecule has 2 aromatic rings. The number of Topliss-reactive ketones (excluding diaryl/α,β-unsaturated/α-hetero) is 1. The lowest BCUT2D eigenvalue weighted by Crippen LogP contribution is -2.46. The first-order chi connectivity index (χ1) is 13.2. The predicted octanol–water partition coefficient (Wildman–Crippen LogP) is 4.11. The Bertz CT molecular complexity index is 931. The van der Waals surface area contributed by atoms with Crippen LogP contribution in [0.4, 0.5) is 0 Å². The second-order valence-electron chi connectivity index (χ2n) is 8.72. The van der Waals surface area contributed by atoms with Crippen molar-refractivity contribution >= 4 is 27.1 Å². The smallest absolute Gasteiger partial charge is 0.215 e. The molecule has 0 aliphatic heterocycles. The molecular formula is C21H27NO4S2. The van der Waals surface area contributed by atoms with Gasteiger partial charge in [0.25, 0.3) is 0 Å². The zero-order valence-corrected chi connectivity index (χ0v) is 18.0. The Morgan fingerprint density at radius 3 is 2.71 bits per heavy atom. The van der Waals surface area contributed by atoms with Gasteiger partial charge in [0, 0.05) is 35.4 Å². The number of hydrogen-bond acceptors (Lipinski definition) is 5. The second-order valence-corrected chi connectivity index (χ2v) is 11.7. The van der Waals surface area contributed by atoms with Crippen molar-refractivity contribution in [2.45, 2.75) is 46.1 Å². The number of thiophene rings is 1. The van der Waals surface area contributed by atoms with Crippen molar-refractivity contribution in [2.75, 3.05) is 12.3 Å². The molecule has 7 heteroatoms. The second kappa shape index (κ2) is 7.11. The van der Waals surface area contributed by atoms with Crippen LogP contribution < -0.4 is 0 Å². The van der Waals surface area contributed by atoms with E-state index in [2.05, 4.69) is 13.8 Å². The molecule has 152 valence electrons. The summed E-state index contributed by atoms with van der Waals surface area (Å²) >= 11 is 1.63. The minimum absolute atomic E-state index is 0.0787. The van der Waals surface area contributed by atoms with Gasteiger partial charge in [-0.3, -0.25) is 4.79 Å². The molecule has 2 saturated carbocycles. The van der Waals surface area contributed by atoms with Gasteiger partial charge in [0.15, 0.2) is 0 Å². The van der Waals surface area contributed by atoms with Crippen LogP contribution in [0, 0.1) is 16.7 Å². The third kappa shape index (κ3) is 3.27. The predicted molar refractivity (Wildman–Crippen MR) is 109 cm³/mol. The average molecular weight is 422 g/mol. The highest BCUT2D eigenvalue weighted by atomic mass is 32.2. The van der Waals surface area contributed by atoms with Crippen LogP contribution in [0.15, 0.2) is 40.5 Å². The molecule has 2 fully saturated rings. The summed E-state index contributed by atoms with van der Waals surface area (Å²) in [4.78, 5) is 14.0. The Morgan fingerprint density at radius 1 is 1.32 bits per heavy atom. The third-order valence-electron chi connectivity index (χ3n) is 7.09. The van der Waals surface area contributed by atoms with Crippen LogP contribution in [0.25, 0.3) is 0 Å². The van der Waals surface area contributed by atoms with E-state index in [1.54, 1.807) is 34.2 Å². The molecule has 2 aliphatic rings.